The Morgan fingerprint density at radius 1 is 1.69 bits per heavy atom. The molecule has 0 unspecified atom stereocenters. The Morgan fingerprint density at radius 3 is 3.00 bits per heavy atom. The van der Waals surface area contributed by atoms with Gasteiger partial charge in [-0.15, -0.1) is 0 Å². The predicted molar refractivity (Wildman–Crippen MR) is 70.9 cm³/mol. The fourth-order valence-corrected chi connectivity index (χ4v) is 2.20. The molecule has 6 heteroatoms. The Balaban J connectivity index is 2.34. The van der Waals surface area contributed by atoms with Crippen molar-refractivity contribution in [3.05, 3.63) is 21.6 Å². The van der Waals surface area contributed by atoms with Crippen molar-refractivity contribution in [2.24, 2.45) is 0 Å². The Bertz CT molecular complexity index is 389. The molecule has 0 saturated heterocycles. The molecule has 0 radical (unpaired) electrons. The maximum Gasteiger partial charge on any atom is 0.321 e. The van der Waals surface area contributed by atoms with Gasteiger partial charge >= 0.3 is 6.03 Å². The number of aromatic nitrogens is 1. The number of anilines is 1. The first kappa shape index (κ1) is 13.2. The lowest BCUT2D eigenvalue weighted by Gasteiger charge is -2.05. The molecule has 1 heterocycles. The minimum Gasteiger partial charge on any atom is -0.334 e. The zero-order valence-corrected chi connectivity index (χ0v) is 11.6. The van der Waals surface area contributed by atoms with Crippen LogP contribution < -0.4 is 10.6 Å². The van der Waals surface area contributed by atoms with Gasteiger partial charge in [0.05, 0.1) is 9.98 Å². The molecule has 2 amide bonds. The van der Waals surface area contributed by atoms with Gasteiger partial charge < -0.3 is 5.32 Å². The lowest BCUT2D eigenvalue weighted by molar-refractivity contribution is 0.253. The lowest BCUT2D eigenvalue weighted by Crippen LogP contribution is -2.29. The van der Waals surface area contributed by atoms with Crippen molar-refractivity contribution in [1.82, 2.24) is 10.3 Å². The molecule has 0 bridgehead atoms. The topological polar surface area (TPSA) is 54.0 Å². The zero-order chi connectivity index (χ0) is 12.0. The van der Waals surface area contributed by atoms with Crippen LogP contribution in [0.3, 0.4) is 0 Å². The van der Waals surface area contributed by atoms with E-state index in [1.807, 2.05) is 6.92 Å². The van der Waals surface area contributed by atoms with Crippen molar-refractivity contribution in [1.29, 1.82) is 0 Å². The van der Waals surface area contributed by atoms with E-state index in [1.165, 1.54) is 11.3 Å². The number of rotatable bonds is 4. The monoisotopic (exact) mass is 303 g/mol. The third kappa shape index (κ3) is 4.76. The number of carbonyl (C=O) groups excluding carboxylic acids is 1. The second kappa shape index (κ2) is 6.65. The van der Waals surface area contributed by atoms with Crippen LogP contribution in [0.4, 0.5) is 9.93 Å². The van der Waals surface area contributed by atoms with Crippen molar-refractivity contribution in [2.75, 3.05) is 11.9 Å². The van der Waals surface area contributed by atoms with Crippen LogP contribution in [0.25, 0.3) is 0 Å². The first-order valence-corrected chi connectivity index (χ1v) is 6.54. The smallest absolute Gasteiger partial charge is 0.321 e. The molecule has 0 aliphatic heterocycles. The van der Waals surface area contributed by atoms with Gasteiger partial charge in [0, 0.05) is 6.54 Å². The fourth-order valence-electron chi connectivity index (χ4n) is 1.09. The summed E-state index contributed by atoms with van der Waals surface area (Å²) in [6.07, 6.45) is 4.72. The normalized spacial score (nSPS) is 11.3. The highest BCUT2D eigenvalue weighted by molar-refractivity contribution is 9.11. The standard InChI is InChI=1S/C10H14BrN3OS/c1-3-4-7(2)5-12-9(15)14-10-13-6-8(11)16-10/h4,6H,3,5H2,1-2H3,(H2,12,13,14,15)/b7-4+. The van der Waals surface area contributed by atoms with E-state index in [1.54, 1.807) is 6.20 Å². The molecule has 0 aliphatic carbocycles. The van der Waals surface area contributed by atoms with E-state index >= 15 is 0 Å². The van der Waals surface area contributed by atoms with E-state index in [4.69, 9.17) is 0 Å². The molecular weight excluding hydrogens is 290 g/mol. The number of nitrogens with one attached hydrogen (secondary N) is 2. The molecule has 1 aromatic rings. The molecule has 1 rings (SSSR count). The van der Waals surface area contributed by atoms with Crippen LogP contribution >= 0.6 is 27.3 Å². The first-order chi connectivity index (χ1) is 7.61. The van der Waals surface area contributed by atoms with Crippen molar-refractivity contribution in [3.8, 4) is 0 Å². The Morgan fingerprint density at radius 2 is 2.44 bits per heavy atom. The predicted octanol–water partition coefficient (Wildman–Crippen LogP) is 3.38. The van der Waals surface area contributed by atoms with Crippen molar-refractivity contribution in [2.45, 2.75) is 20.3 Å². The highest BCUT2D eigenvalue weighted by Gasteiger charge is 2.04. The number of allylic oxidation sites excluding steroid dienone is 1. The summed E-state index contributed by atoms with van der Waals surface area (Å²) in [6.45, 7) is 4.62. The summed E-state index contributed by atoms with van der Waals surface area (Å²) in [5.74, 6) is 0. The molecule has 0 atom stereocenters. The highest BCUT2D eigenvalue weighted by atomic mass is 79.9. The van der Waals surface area contributed by atoms with Crippen LogP contribution in [0.1, 0.15) is 20.3 Å². The van der Waals surface area contributed by atoms with Crippen LogP contribution in [0.5, 0.6) is 0 Å². The Hall–Kier alpha value is -0.880. The van der Waals surface area contributed by atoms with Crippen LogP contribution in [-0.4, -0.2) is 17.6 Å². The minimum atomic E-state index is -0.231. The molecule has 0 aromatic carbocycles. The fraction of sp³-hybridized carbons (Fsp3) is 0.400. The quantitative estimate of drug-likeness (QED) is 0.838. The van der Waals surface area contributed by atoms with Gasteiger partial charge in [0.15, 0.2) is 5.13 Å². The summed E-state index contributed by atoms with van der Waals surface area (Å²) < 4.78 is 0.893. The summed E-state index contributed by atoms with van der Waals surface area (Å²) >= 11 is 4.66. The number of urea groups is 1. The van der Waals surface area contributed by atoms with Crippen molar-refractivity contribution >= 4 is 38.4 Å². The minimum absolute atomic E-state index is 0.231. The molecule has 0 spiro atoms. The van der Waals surface area contributed by atoms with Crippen molar-refractivity contribution < 1.29 is 4.79 Å². The largest absolute Gasteiger partial charge is 0.334 e. The third-order valence-corrected chi connectivity index (χ3v) is 3.17. The zero-order valence-electron chi connectivity index (χ0n) is 9.21. The number of thiazole rings is 1. The van der Waals surface area contributed by atoms with Crippen LogP contribution in [0, 0.1) is 0 Å². The van der Waals surface area contributed by atoms with Gasteiger partial charge in [-0.2, -0.15) is 0 Å². The second-order valence-electron chi connectivity index (χ2n) is 3.24. The van der Waals surface area contributed by atoms with Gasteiger partial charge in [0.2, 0.25) is 0 Å². The molecule has 0 fully saturated rings. The van der Waals surface area contributed by atoms with E-state index in [0.717, 1.165) is 15.8 Å². The summed E-state index contributed by atoms with van der Waals surface area (Å²) in [7, 11) is 0. The van der Waals surface area contributed by atoms with E-state index in [9.17, 15) is 4.79 Å². The maximum atomic E-state index is 11.4. The molecule has 88 valence electrons. The number of halogens is 1. The van der Waals surface area contributed by atoms with E-state index in [-0.39, 0.29) is 6.03 Å². The van der Waals surface area contributed by atoms with Gasteiger partial charge in [0.1, 0.15) is 0 Å². The Kier molecular flexibility index (Phi) is 5.48. The van der Waals surface area contributed by atoms with E-state index < -0.39 is 0 Å². The molecule has 0 aliphatic rings. The molecule has 2 N–H and O–H groups in total. The molecule has 1 aromatic heterocycles. The number of nitrogens with zero attached hydrogens (tertiary/aromatic N) is 1. The summed E-state index contributed by atoms with van der Waals surface area (Å²) in [4.78, 5) is 15.4. The molecule has 4 nitrogen and oxygen atoms in total. The van der Waals surface area contributed by atoms with E-state index in [2.05, 4.69) is 44.5 Å². The maximum absolute atomic E-state index is 11.4. The number of hydrogen-bond donors (Lipinski definition) is 2. The van der Waals surface area contributed by atoms with Gasteiger partial charge in [-0.1, -0.05) is 29.9 Å². The van der Waals surface area contributed by atoms with Crippen LogP contribution in [0.15, 0.2) is 21.6 Å². The average Bonchev–Trinajstić information content (AvgIpc) is 2.61. The van der Waals surface area contributed by atoms with Gasteiger partial charge in [0.25, 0.3) is 0 Å². The van der Waals surface area contributed by atoms with Gasteiger partial charge in [-0.05, 0) is 29.3 Å². The van der Waals surface area contributed by atoms with Gasteiger partial charge in [-0.3, -0.25) is 5.32 Å². The summed E-state index contributed by atoms with van der Waals surface area (Å²) in [5, 5.41) is 6.00. The number of carbonyl (C=O) groups is 1. The number of amides is 2. The van der Waals surface area contributed by atoms with E-state index in [0.29, 0.717) is 11.7 Å². The average molecular weight is 304 g/mol. The molecular formula is C10H14BrN3OS. The molecule has 0 saturated carbocycles. The summed E-state index contributed by atoms with van der Waals surface area (Å²) in [6, 6.07) is -0.231. The SMILES string of the molecule is CC/C=C(\C)CNC(=O)Nc1ncc(Br)s1. The third-order valence-electron chi connectivity index (χ3n) is 1.78. The number of hydrogen-bond acceptors (Lipinski definition) is 3. The molecule has 16 heavy (non-hydrogen) atoms. The van der Waals surface area contributed by atoms with Crippen molar-refractivity contribution in [3.63, 3.8) is 0 Å². The highest BCUT2D eigenvalue weighted by Crippen LogP contribution is 2.22. The van der Waals surface area contributed by atoms with Crippen LogP contribution in [0.2, 0.25) is 0 Å². The Labute approximate surface area is 107 Å². The first-order valence-electron chi connectivity index (χ1n) is 4.93. The lowest BCUT2D eigenvalue weighted by atomic mass is 10.2. The van der Waals surface area contributed by atoms with Gasteiger partial charge in [-0.25, -0.2) is 9.78 Å². The summed E-state index contributed by atoms with van der Waals surface area (Å²) in [5.41, 5.74) is 1.15. The second-order valence-corrected chi connectivity index (χ2v) is 5.65. The van der Waals surface area contributed by atoms with Crippen LogP contribution in [-0.2, 0) is 0 Å².